The number of Topliss-reactive ketones (excluding diaryl/α,β-unsaturated/α-hetero) is 1. The largest absolute Gasteiger partial charge is 0.573 e. The van der Waals surface area contributed by atoms with Crippen LogP contribution in [0.2, 0.25) is 0 Å². The molecule has 0 radical (unpaired) electrons. The van der Waals surface area contributed by atoms with E-state index in [1.165, 1.54) is 6.92 Å². The van der Waals surface area contributed by atoms with Crippen molar-refractivity contribution < 1.29 is 32.6 Å². The lowest BCUT2D eigenvalue weighted by Gasteiger charge is -2.14. The van der Waals surface area contributed by atoms with Gasteiger partial charge in [0.25, 0.3) is 0 Å². The van der Waals surface area contributed by atoms with Gasteiger partial charge in [-0.25, -0.2) is 4.79 Å². The highest BCUT2D eigenvalue weighted by atomic mass is 79.9. The van der Waals surface area contributed by atoms with Crippen molar-refractivity contribution in [3.05, 3.63) is 29.3 Å². The molecule has 1 rings (SSSR count). The van der Waals surface area contributed by atoms with Gasteiger partial charge in [-0.3, -0.25) is 4.79 Å². The maximum Gasteiger partial charge on any atom is 0.573 e. The fourth-order valence-electron chi connectivity index (χ4n) is 1.38. The number of carboxylic acid groups (broad SMARTS) is 1. The maximum atomic E-state index is 12.2. The molecule has 0 saturated heterocycles. The van der Waals surface area contributed by atoms with E-state index in [2.05, 4.69) is 20.7 Å². The molecule has 1 aromatic rings. The number of carbonyl (C=O) groups is 2. The average molecular weight is 341 g/mol. The molecule has 0 spiro atoms. The lowest BCUT2D eigenvalue weighted by Crippen LogP contribution is -2.21. The van der Waals surface area contributed by atoms with E-state index < -0.39 is 34.3 Å². The van der Waals surface area contributed by atoms with E-state index >= 15 is 0 Å². The van der Waals surface area contributed by atoms with Crippen LogP contribution in [0.25, 0.3) is 0 Å². The third kappa shape index (κ3) is 3.95. The molecule has 0 aliphatic carbocycles. The summed E-state index contributed by atoms with van der Waals surface area (Å²) in [7, 11) is 0. The molecule has 1 aromatic carbocycles. The predicted octanol–water partition coefficient (Wildman–Crippen LogP) is 3.25. The smallest absolute Gasteiger partial charge is 0.478 e. The Balaban J connectivity index is 3.38. The van der Waals surface area contributed by atoms with Crippen molar-refractivity contribution in [3.63, 3.8) is 0 Å². The molecule has 0 aromatic heterocycles. The van der Waals surface area contributed by atoms with Gasteiger partial charge in [-0.15, -0.1) is 13.2 Å². The monoisotopic (exact) mass is 340 g/mol. The number of benzene rings is 1. The molecule has 104 valence electrons. The SMILES string of the molecule is CC(Br)C(=O)c1cccc(OC(F)(F)F)c1C(=O)O. The molecule has 0 bridgehead atoms. The highest BCUT2D eigenvalue weighted by molar-refractivity contribution is 9.10. The van der Waals surface area contributed by atoms with Gasteiger partial charge in [0, 0.05) is 5.56 Å². The molecule has 0 aliphatic rings. The Morgan fingerprint density at radius 3 is 2.37 bits per heavy atom. The third-order valence-corrected chi connectivity index (χ3v) is 2.51. The zero-order chi connectivity index (χ0) is 14.8. The number of rotatable bonds is 4. The van der Waals surface area contributed by atoms with Crippen molar-refractivity contribution in [3.8, 4) is 5.75 Å². The molecule has 0 amide bonds. The minimum Gasteiger partial charge on any atom is -0.478 e. The molecule has 0 saturated carbocycles. The van der Waals surface area contributed by atoms with Crippen LogP contribution < -0.4 is 4.74 Å². The number of hydrogen-bond acceptors (Lipinski definition) is 3. The normalized spacial score (nSPS) is 12.9. The van der Waals surface area contributed by atoms with E-state index in [0.29, 0.717) is 0 Å². The molecule has 0 aliphatic heterocycles. The van der Waals surface area contributed by atoms with Gasteiger partial charge in [-0.1, -0.05) is 28.1 Å². The quantitative estimate of drug-likeness (QED) is 0.675. The molecule has 1 unspecified atom stereocenters. The summed E-state index contributed by atoms with van der Waals surface area (Å²) in [5, 5.41) is 8.96. The zero-order valence-corrected chi connectivity index (χ0v) is 11.1. The Morgan fingerprint density at radius 2 is 1.95 bits per heavy atom. The van der Waals surface area contributed by atoms with E-state index in [9.17, 15) is 22.8 Å². The summed E-state index contributed by atoms with van der Waals surface area (Å²) in [6, 6.07) is 3.09. The second kappa shape index (κ2) is 5.60. The van der Waals surface area contributed by atoms with Crippen LogP contribution >= 0.6 is 15.9 Å². The molecule has 0 heterocycles. The van der Waals surface area contributed by atoms with E-state index in [-0.39, 0.29) is 5.56 Å². The number of ketones is 1. The Morgan fingerprint density at radius 1 is 1.37 bits per heavy atom. The summed E-state index contributed by atoms with van der Waals surface area (Å²) in [5.41, 5.74) is -1.16. The van der Waals surface area contributed by atoms with E-state index in [1.54, 1.807) is 0 Å². The fraction of sp³-hybridized carbons (Fsp3) is 0.273. The number of alkyl halides is 4. The summed E-state index contributed by atoms with van der Waals surface area (Å²) in [4.78, 5) is 22.1. The molecule has 19 heavy (non-hydrogen) atoms. The number of aromatic carboxylic acids is 1. The number of hydrogen-bond donors (Lipinski definition) is 1. The standard InChI is InChI=1S/C11H8BrF3O4/c1-5(12)9(16)6-3-2-4-7(8(6)10(17)18)19-11(13,14)15/h2-5H,1H3,(H,17,18). The predicted molar refractivity (Wildman–Crippen MR) is 62.8 cm³/mol. The van der Waals surface area contributed by atoms with E-state index in [0.717, 1.165) is 18.2 Å². The molecular formula is C11H8BrF3O4. The van der Waals surface area contributed by atoms with Crippen molar-refractivity contribution in [2.24, 2.45) is 0 Å². The van der Waals surface area contributed by atoms with Gasteiger partial charge in [-0.05, 0) is 13.0 Å². The maximum absolute atomic E-state index is 12.2. The van der Waals surface area contributed by atoms with Crippen LogP contribution in [-0.2, 0) is 0 Å². The van der Waals surface area contributed by atoms with Crippen LogP contribution in [0.5, 0.6) is 5.75 Å². The van der Waals surface area contributed by atoms with Gasteiger partial charge in [0.15, 0.2) is 5.78 Å². The summed E-state index contributed by atoms with van der Waals surface area (Å²) in [6.07, 6.45) is -5.04. The highest BCUT2D eigenvalue weighted by Crippen LogP contribution is 2.29. The molecule has 8 heteroatoms. The Labute approximate surface area is 114 Å². The highest BCUT2D eigenvalue weighted by Gasteiger charge is 2.34. The van der Waals surface area contributed by atoms with Crippen molar-refractivity contribution >= 4 is 27.7 Å². The number of carbonyl (C=O) groups excluding carboxylic acids is 1. The van der Waals surface area contributed by atoms with Gasteiger partial charge in [0.2, 0.25) is 0 Å². The van der Waals surface area contributed by atoms with Crippen LogP contribution in [0.4, 0.5) is 13.2 Å². The topological polar surface area (TPSA) is 63.6 Å². The van der Waals surface area contributed by atoms with Gasteiger partial charge in [0.1, 0.15) is 11.3 Å². The van der Waals surface area contributed by atoms with Gasteiger partial charge in [-0.2, -0.15) is 0 Å². The number of carboxylic acids is 1. The Kier molecular flexibility index (Phi) is 4.56. The molecule has 1 N–H and O–H groups in total. The van der Waals surface area contributed by atoms with Crippen molar-refractivity contribution in [2.75, 3.05) is 0 Å². The lowest BCUT2D eigenvalue weighted by atomic mass is 10.0. The molecule has 0 fully saturated rings. The van der Waals surface area contributed by atoms with Gasteiger partial charge in [0.05, 0.1) is 4.83 Å². The van der Waals surface area contributed by atoms with Crippen LogP contribution in [0, 0.1) is 0 Å². The van der Waals surface area contributed by atoms with Crippen LogP contribution in [0.1, 0.15) is 27.6 Å². The van der Waals surface area contributed by atoms with Gasteiger partial charge >= 0.3 is 12.3 Å². The second-order valence-electron chi connectivity index (χ2n) is 3.51. The molecular weight excluding hydrogens is 333 g/mol. The molecule has 1 atom stereocenters. The lowest BCUT2D eigenvalue weighted by molar-refractivity contribution is -0.274. The Bertz CT molecular complexity index is 511. The first-order valence-electron chi connectivity index (χ1n) is 4.94. The summed E-state index contributed by atoms with van der Waals surface area (Å²) >= 11 is 2.94. The van der Waals surface area contributed by atoms with Crippen LogP contribution in [0.15, 0.2) is 18.2 Å². The zero-order valence-electron chi connectivity index (χ0n) is 9.49. The summed E-state index contributed by atoms with van der Waals surface area (Å²) in [5.74, 6) is -3.24. The minimum absolute atomic E-state index is 0.348. The first-order valence-corrected chi connectivity index (χ1v) is 5.85. The minimum atomic E-state index is -5.04. The summed E-state index contributed by atoms with van der Waals surface area (Å²) in [6.45, 7) is 1.44. The van der Waals surface area contributed by atoms with Crippen molar-refractivity contribution in [2.45, 2.75) is 18.1 Å². The van der Waals surface area contributed by atoms with Crippen molar-refractivity contribution in [1.82, 2.24) is 0 Å². The van der Waals surface area contributed by atoms with Crippen LogP contribution in [0.3, 0.4) is 0 Å². The Hall–Kier alpha value is -1.57. The van der Waals surface area contributed by atoms with Gasteiger partial charge < -0.3 is 9.84 Å². The first-order chi connectivity index (χ1) is 8.63. The summed E-state index contributed by atoms with van der Waals surface area (Å²) < 4.78 is 40.1. The number of ether oxygens (including phenoxy) is 1. The fourth-order valence-corrected chi connectivity index (χ4v) is 1.63. The molecule has 4 nitrogen and oxygen atoms in total. The number of halogens is 4. The van der Waals surface area contributed by atoms with E-state index in [4.69, 9.17) is 5.11 Å². The second-order valence-corrected chi connectivity index (χ2v) is 4.89. The van der Waals surface area contributed by atoms with E-state index in [1.807, 2.05) is 0 Å². The third-order valence-electron chi connectivity index (χ3n) is 2.09. The van der Waals surface area contributed by atoms with Crippen LogP contribution in [-0.4, -0.2) is 28.0 Å². The average Bonchev–Trinajstić information content (AvgIpc) is 2.24. The first kappa shape index (κ1) is 15.5. The van der Waals surface area contributed by atoms with Crippen molar-refractivity contribution in [1.29, 1.82) is 0 Å².